The first-order chi connectivity index (χ1) is 12.8. The van der Waals surface area contributed by atoms with E-state index in [4.69, 9.17) is 16.3 Å². The number of nitrogens with one attached hydrogen (secondary N) is 1. The summed E-state index contributed by atoms with van der Waals surface area (Å²) in [7, 11) is -3.71. The van der Waals surface area contributed by atoms with Gasteiger partial charge in [-0.05, 0) is 32.0 Å². The number of hydrogen-bond acceptors (Lipinski definition) is 6. The van der Waals surface area contributed by atoms with E-state index in [1.807, 2.05) is 19.2 Å². The average Bonchev–Trinajstić information content (AvgIpc) is 3.09. The Morgan fingerprint density at radius 3 is 2.70 bits per heavy atom. The Bertz CT molecular complexity index is 939. The van der Waals surface area contributed by atoms with Gasteiger partial charge in [0.2, 0.25) is 10.0 Å². The maximum Gasteiger partial charge on any atom is 0.253 e. The van der Waals surface area contributed by atoms with Crippen LogP contribution in [-0.4, -0.2) is 49.9 Å². The van der Waals surface area contributed by atoms with Gasteiger partial charge < -0.3 is 10.1 Å². The van der Waals surface area contributed by atoms with Crippen molar-refractivity contribution >= 4 is 38.9 Å². The van der Waals surface area contributed by atoms with Crippen molar-refractivity contribution in [3.05, 3.63) is 44.9 Å². The molecule has 0 spiro atoms. The SMILES string of the molecule is Cc1nc(C(C)NC(=O)c2cc(S(=O)(=O)N3CCOCC3)ccc2Cl)cs1. The van der Waals surface area contributed by atoms with Crippen LogP contribution < -0.4 is 5.32 Å². The molecule has 1 aromatic carbocycles. The number of aromatic nitrogens is 1. The van der Waals surface area contributed by atoms with Crippen molar-refractivity contribution in [3.8, 4) is 0 Å². The molecule has 0 aliphatic carbocycles. The van der Waals surface area contributed by atoms with Gasteiger partial charge in [-0.3, -0.25) is 4.79 Å². The smallest absolute Gasteiger partial charge is 0.253 e. The summed E-state index contributed by atoms with van der Waals surface area (Å²) in [6, 6.07) is 3.85. The summed E-state index contributed by atoms with van der Waals surface area (Å²) in [5, 5.41) is 5.79. The van der Waals surface area contributed by atoms with E-state index < -0.39 is 15.9 Å². The van der Waals surface area contributed by atoms with E-state index in [1.165, 1.54) is 33.8 Å². The zero-order valence-electron chi connectivity index (χ0n) is 14.9. The van der Waals surface area contributed by atoms with Gasteiger partial charge >= 0.3 is 0 Å². The van der Waals surface area contributed by atoms with Gasteiger partial charge in [0, 0.05) is 18.5 Å². The molecule has 2 heterocycles. The predicted octanol–water partition coefficient (Wildman–Crippen LogP) is 2.62. The fourth-order valence-corrected chi connectivity index (χ4v) is 5.05. The van der Waals surface area contributed by atoms with Crippen molar-refractivity contribution in [2.24, 2.45) is 0 Å². The van der Waals surface area contributed by atoms with Gasteiger partial charge in [-0.2, -0.15) is 4.31 Å². The third-order valence-corrected chi connectivity index (χ3v) is 7.23. The number of amides is 1. The molecule has 1 unspecified atom stereocenters. The maximum absolute atomic E-state index is 12.8. The number of benzene rings is 1. The first-order valence-electron chi connectivity index (χ1n) is 8.39. The third-order valence-electron chi connectivity index (χ3n) is 4.22. The van der Waals surface area contributed by atoms with E-state index >= 15 is 0 Å². The number of carbonyl (C=O) groups is 1. The van der Waals surface area contributed by atoms with Crippen molar-refractivity contribution < 1.29 is 17.9 Å². The van der Waals surface area contributed by atoms with Crippen molar-refractivity contribution in [3.63, 3.8) is 0 Å². The standard InChI is InChI=1S/C17H20ClN3O4S2/c1-11(16-10-26-12(2)20-16)19-17(22)14-9-13(3-4-15(14)18)27(23,24)21-5-7-25-8-6-21/h3-4,9-11H,5-8H2,1-2H3,(H,19,22). The highest BCUT2D eigenvalue weighted by Gasteiger charge is 2.28. The molecule has 146 valence electrons. The topological polar surface area (TPSA) is 88.6 Å². The number of morpholine rings is 1. The highest BCUT2D eigenvalue weighted by Crippen LogP contribution is 2.24. The molecule has 1 aromatic heterocycles. The summed E-state index contributed by atoms with van der Waals surface area (Å²) in [5.41, 5.74) is 0.865. The second-order valence-corrected chi connectivity index (χ2v) is 9.55. The van der Waals surface area contributed by atoms with Crippen LogP contribution in [0, 0.1) is 6.92 Å². The molecule has 1 aliphatic rings. The van der Waals surface area contributed by atoms with Crippen LogP contribution in [0.3, 0.4) is 0 Å². The molecular weight excluding hydrogens is 410 g/mol. The number of hydrogen-bond donors (Lipinski definition) is 1. The van der Waals surface area contributed by atoms with Gasteiger partial charge in [-0.25, -0.2) is 13.4 Å². The number of sulfonamides is 1. The lowest BCUT2D eigenvalue weighted by Gasteiger charge is -2.26. The summed E-state index contributed by atoms with van der Waals surface area (Å²) in [5.74, 6) is -0.447. The second kappa shape index (κ2) is 8.24. The molecule has 0 radical (unpaired) electrons. The molecule has 2 aromatic rings. The van der Waals surface area contributed by atoms with Crippen LogP contribution in [0.25, 0.3) is 0 Å². The lowest BCUT2D eigenvalue weighted by Crippen LogP contribution is -2.40. The van der Waals surface area contributed by atoms with Gasteiger partial charge in [0.1, 0.15) is 0 Å². The molecule has 7 nitrogen and oxygen atoms in total. The van der Waals surface area contributed by atoms with Crippen LogP contribution in [0.2, 0.25) is 5.02 Å². The first kappa shape index (κ1) is 20.2. The number of thiazole rings is 1. The van der Waals surface area contributed by atoms with E-state index in [0.29, 0.717) is 13.2 Å². The third kappa shape index (κ3) is 4.49. The fraction of sp³-hybridized carbons (Fsp3) is 0.412. The van der Waals surface area contributed by atoms with Gasteiger partial charge in [0.15, 0.2) is 0 Å². The van der Waals surface area contributed by atoms with Crippen LogP contribution >= 0.6 is 22.9 Å². The maximum atomic E-state index is 12.8. The Balaban J connectivity index is 1.83. The minimum atomic E-state index is -3.71. The Hall–Kier alpha value is -1.52. The molecule has 1 amide bonds. The molecule has 0 saturated carbocycles. The molecule has 27 heavy (non-hydrogen) atoms. The van der Waals surface area contributed by atoms with E-state index in [1.54, 1.807) is 0 Å². The van der Waals surface area contributed by atoms with Crippen molar-refractivity contribution in [1.29, 1.82) is 0 Å². The Morgan fingerprint density at radius 1 is 1.37 bits per heavy atom. The summed E-state index contributed by atoms with van der Waals surface area (Å²) < 4.78 is 32.2. The monoisotopic (exact) mass is 429 g/mol. The molecule has 1 atom stereocenters. The van der Waals surface area contributed by atoms with Crippen LogP contribution in [-0.2, 0) is 14.8 Å². The molecule has 10 heteroatoms. The fourth-order valence-electron chi connectivity index (χ4n) is 2.70. The van der Waals surface area contributed by atoms with Crippen LogP contribution in [0.5, 0.6) is 0 Å². The van der Waals surface area contributed by atoms with Crippen LogP contribution in [0.1, 0.15) is 34.0 Å². The Morgan fingerprint density at radius 2 is 2.07 bits per heavy atom. The summed E-state index contributed by atoms with van der Waals surface area (Å²) in [6.45, 7) is 4.98. The van der Waals surface area contributed by atoms with Crippen LogP contribution in [0.4, 0.5) is 0 Å². The number of halogens is 1. The largest absolute Gasteiger partial charge is 0.379 e. The highest BCUT2D eigenvalue weighted by molar-refractivity contribution is 7.89. The molecule has 1 aliphatic heterocycles. The lowest BCUT2D eigenvalue weighted by molar-refractivity contribution is 0.0730. The first-order valence-corrected chi connectivity index (χ1v) is 11.1. The van der Waals surface area contributed by atoms with Gasteiger partial charge in [0.25, 0.3) is 5.91 Å². The Labute approximate surface area is 167 Å². The number of rotatable bonds is 5. The van der Waals surface area contributed by atoms with E-state index in [-0.39, 0.29) is 34.6 Å². The van der Waals surface area contributed by atoms with Crippen molar-refractivity contribution in [1.82, 2.24) is 14.6 Å². The van der Waals surface area contributed by atoms with Gasteiger partial charge in [-0.1, -0.05) is 11.6 Å². The zero-order valence-corrected chi connectivity index (χ0v) is 17.3. The normalized spacial score (nSPS) is 16.9. The van der Waals surface area contributed by atoms with E-state index in [9.17, 15) is 13.2 Å². The Kier molecular flexibility index (Phi) is 6.17. The molecule has 1 fully saturated rings. The zero-order chi connectivity index (χ0) is 19.6. The van der Waals surface area contributed by atoms with Gasteiger partial charge in [-0.15, -0.1) is 11.3 Å². The van der Waals surface area contributed by atoms with Crippen molar-refractivity contribution in [2.45, 2.75) is 24.8 Å². The highest BCUT2D eigenvalue weighted by atomic mass is 35.5. The average molecular weight is 430 g/mol. The van der Waals surface area contributed by atoms with Crippen LogP contribution in [0.15, 0.2) is 28.5 Å². The quantitative estimate of drug-likeness (QED) is 0.789. The minimum Gasteiger partial charge on any atom is -0.379 e. The summed E-state index contributed by atoms with van der Waals surface area (Å²) >= 11 is 7.65. The predicted molar refractivity (Wildman–Crippen MR) is 104 cm³/mol. The van der Waals surface area contributed by atoms with E-state index in [2.05, 4.69) is 10.3 Å². The molecular formula is C17H20ClN3O4S2. The minimum absolute atomic E-state index is 0.0381. The molecule has 3 rings (SSSR count). The van der Waals surface area contributed by atoms with E-state index in [0.717, 1.165) is 10.7 Å². The number of carbonyl (C=O) groups excluding carboxylic acids is 1. The number of ether oxygens (including phenoxy) is 1. The molecule has 1 saturated heterocycles. The molecule has 1 N–H and O–H groups in total. The lowest BCUT2D eigenvalue weighted by atomic mass is 10.2. The number of nitrogens with zero attached hydrogens (tertiary/aromatic N) is 2. The van der Waals surface area contributed by atoms with Gasteiger partial charge in [0.05, 0.1) is 45.4 Å². The number of aryl methyl sites for hydroxylation is 1. The summed E-state index contributed by atoms with van der Waals surface area (Å²) in [6.07, 6.45) is 0. The van der Waals surface area contributed by atoms with Crippen molar-refractivity contribution in [2.75, 3.05) is 26.3 Å². The second-order valence-electron chi connectivity index (χ2n) is 6.14. The summed E-state index contributed by atoms with van der Waals surface area (Å²) in [4.78, 5) is 17.1. The molecule has 0 bridgehead atoms.